The fourth-order valence-corrected chi connectivity index (χ4v) is 4.54. The van der Waals surface area contributed by atoms with E-state index in [1.54, 1.807) is 50.3 Å². The SMILES string of the molecule is CCOC(=O)c1ccc(N2C(=O)c3[nH]nc(-c4ccc(OC)cc4)c3C2c2ccccc2OC)cc1. The number of hydrogen-bond donors (Lipinski definition) is 1. The molecule has 1 aromatic heterocycles. The molecule has 1 aliphatic heterocycles. The van der Waals surface area contributed by atoms with E-state index in [-0.39, 0.29) is 12.5 Å². The second-order valence-corrected chi connectivity index (χ2v) is 8.18. The summed E-state index contributed by atoms with van der Waals surface area (Å²) in [6.07, 6.45) is 0. The Balaban J connectivity index is 1.65. The van der Waals surface area contributed by atoms with Crippen LogP contribution in [0.3, 0.4) is 0 Å². The number of ether oxygens (including phenoxy) is 3. The van der Waals surface area contributed by atoms with Gasteiger partial charge in [0.15, 0.2) is 0 Å². The van der Waals surface area contributed by atoms with Gasteiger partial charge in [-0.25, -0.2) is 4.79 Å². The molecule has 36 heavy (non-hydrogen) atoms. The molecule has 8 heteroatoms. The van der Waals surface area contributed by atoms with Crippen LogP contribution in [0.15, 0.2) is 72.8 Å². The zero-order valence-electron chi connectivity index (χ0n) is 20.1. The normalized spacial score (nSPS) is 14.5. The Labute approximate surface area is 208 Å². The lowest BCUT2D eigenvalue weighted by molar-refractivity contribution is 0.0526. The molecule has 0 saturated carbocycles. The van der Waals surface area contributed by atoms with E-state index in [1.807, 2.05) is 48.5 Å². The Morgan fingerprint density at radius 3 is 2.36 bits per heavy atom. The third-order valence-corrected chi connectivity index (χ3v) is 6.22. The van der Waals surface area contributed by atoms with Gasteiger partial charge < -0.3 is 14.2 Å². The van der Waals surface area contributed by atoms with Crippen molar-refractivity contribution in [3.8, 4) is 22.8 Å². The largest absolute Gasteiger partial charge is 0.497 e. The van der Waals surface area contributed by atoms with Crippen LogP contribution in [0, 0.1) is 0 Å². The third kappa shape index (κ3) is 3.86. The first-order chi connectivity index (χ1) is 17.6. The minimum Gasteiger partial charge on any atom is -0.497 e. The predicted molar refractivity (Wildman–Crippen MR) is 135 cm³/mol. The molecule has 3 aromatic carbocycles. The van der Waals surface area contributed by atoms with E-state index in [0.29, 0.717) is 28.4 Å². The van der Waals surface area contributed by atoms with Gasteiger partial charge >= 0.3 is 5.97 Å². The molecule has 4 aromatic rings. The van der Waals surface area contributed by atoms with Crippen LogP contribution in [-0.2, 0) is 4.74 Å². The molecule has 0 aliphatic carbocycles. The minimum absolute atomic E-state index is 0.225. The number of methoxy groups -OCH3 is 2. The van der Waals surface area contributed by atoms with Crippen LogP contribution in [0.4, 0.5) is 5.69 Å². The van der Waals surface area contributed by atoms with Crippen LogP contribution in [0.1, 0.15) is 44.9 Å². The molecule has 0 saturated heterocycles. The molecule has 182 valence electrons. The van der Waals surface area contributed by atoms with Crippen molar-refractivity contribution in [1.82, 2.24) is 10.2 Å². The number of carbonyl (C=O) groups is 2. The molecule has 1 aliphatic rings. The lowest BCUT2D eigenvalue weighted by Crippen LogP contribution is -2.29. The van der Waals surface area contributed by atoms with E-state index >= 15 is 0 Å². The Bertz CT molecular complexity index is 1410. The predicted octanol–water partition coefficient (Wildman–Crippen LogP) is 5.02. The molecule has 0 radical (unpaired) electrons. The van der Waals surface area contributed by atoms with Crippen molar-refractivity contribution >= 4 is 17.6 Å². The average Bonchev–Trinajstić information content (AvgIpc) is 3.47. The van der Waals surface area contributed by atoms with E-state index in [0.717, 1.165) is 22.4 Å². The van der Waals surface area contributed by atoms with Gasteiger partial charge in [0.25, 0.3) is 5.91 Å². The molecule has 1 amide bonds. The maximum atomic E-state index is 13.7. The number of rotatable bonds is 7. The molecule has 1 atom stereocenters. The summed E-state index contributed by atoms with van der Waals surface area (Å²) < 4.78 is 16.1. The highest BCUT2D eigenvalue weighted by Gasteiger charge is 2.44. The maximum absolute atomic E-state index is 13.7. The smallest absolute Gasteiger partial charge is 0.338 e. The Morgan fingerprint density at radius 1 is 0.972 bits per heavy atom. The van der Waals surface area contributed by atoms with Crippen LogP contribution in [0.25, 0.3) is 11.3 Å². The number of anilines is 1. The average molecular weight is 484 g/mol. The van der Waals surface area contributed by atoms with Crippen LogP contribution in [0.2, 0.25) is 0 Å². The highest BCUT2D eigenvalue weighted by Crippen LogP contribution is 2.47. The Kier molecular flexibility index (Phi) is 6.16. The number of benzene rings is 3. The van der Waals surface area contributed by atoms with Gasteiger partial charge in [-0.2, -0.15) is 5.10 Å². The van der Waals surface area contributed by atoms with Crippen LogP contribution >= 0.6 is 0 Å². The van der Waals surface area contributed by atoms with Gasteiger partial charge in [-0.3, -0.25) is 14.8 Å². The highest BCUT2D eigenvalue weighted by atomic mass is 16.5. The minimum atomic E-state index is -0.507. The van der Waals surface area contributed by atoms with Crippen LogP contribution in [-0.4, -0.2) is 42.9 Å². The second-order valence-electron chi connectivity index (χ2n) is 8.18. The van der Waals surface area contributed by atoms with Gasteiger partial charge in [-0.05, 0) is 61.5 Å². The number of aromatic nitrogens is 2. The zero-order valence-corrected chi connectivity index (χ0v) is 20.1. The van der Waals surface area contributed by atoms with Crippen molar-refractivity contribution in [2.24, 2.45) is 0 Å². The third-order valence-electron chi connectivity index (χ3n) is 6.22. The first-order valence-corrected chi connectivity index (χ1v) is 11.5. The number of amides is 1. The molecule has 0 bridgehead atoms. The number of hydrogen-bond acceptors (Lipinski definition) is 6. The summed E-state index contributed by atoms with van der Waals surface area (Å²) in [7, 11) is 3.22. The van der Waals surface area contributed by atoms with E-state index in [1.165, 1.54) is 0 Å². The van der Waals surface area contributed by atoms with E-state index in [2.05, 4.69) is 10.2 Å². The summed E-state index contributed by atoms with van der Waals surface area (Å²) in [5.41, 5.74) is 4.55. The lowest BCUT2D eigenvalue weighted by atomic mass is 9.95. The standard InChI is InChI=1S/C28H25N3O5/c1-4-36-28(33)18-9-13-19(14-10-18)31-26(21-7-5-6-8-22(21)35-3)23-24(29-30-25(23)27(31)32)17-11-15-20(34-2)16-12-17/h5-16,26H,4H2,1-3H3,(H,29,30). The second kappa shape index (κ2) is 9.58. The summed E-state index contributed by atoms with van der Waals surface area (Å²) in [6.45, 7) is 2.05. The van der Waals surface area contributed by atoms with Crippen molar-refractivity contribution in [3.05, 3.63) is 95.2 Å². The summed E-state index contributed by atoms with van der Waals surface area (Å²) in [5.74, 6) is 0.746. The van der Waals surface area contributed by atoms with Gasteiger partial charge in [0.1, 0.15) is 17.2 Å². The van der Waals surface area contributed by atoms with Crippen LogP contribution < -0.4 is 14.4 Å². The first-order valence-electron chi connectivity index (χ1n) is 11.5. The molecule has 2 heterocycles. The number of nitrogens with one attached hydrogen (secondary N) is 1. The number of aromatic amines is 1. The number of nitrogens with zero attached hydrogens (tertiary/aromatic N) is 2. The fraction of sp³-hybridized carbons (Fsp3) is 0.179. The highest BCUT2D eigenvalue weighted by molar-refractivity contribution is 6.12. The number of esters is 1. The number of para-hydroxylation sites is 1. The van der Waals surface area contributed by atoms with Gasteiger partial charge in [0.2, 0.25) is 0 Å². The molecular weight excluding hydrogens is 458 g/mol. The Hall–Kier alpha value is -4.59. The number of H-pyrrole nitrogens is 1. The molecular formula is C28H25N3O5. The van der Waals surface area contributed by atoms with Crippen molar-refractivity contribution in [2.45, 2.75) is 13.0 Å². The summed E-state index contributed by atoms with van der Waals surface area (Å²) in [6, 6.07) is 21.5. The number of fused-ring (bicyclic) bond motifs is 1. The van der Waals surface area contributed by atoms with E-state index < -0.39 is 12.0 Å². The summed E-state index contributed by atoms with van der Waals surface area (Å²) >= 11 is 0. The molecule has 0 spiro atoms. The van der Waals surface area contributed by atoms with Crippen molar-refractivity contribution in [2.75, 3.05) is 25.7 Å². The number of carbonyl (C=O) groups excluding carboxylic acids is 2. The topological polar surface area (TPSA) is 93.8 Å². The van der Waals surface area contributed by atoms with Gasteiger partial charge in [-0.15, -0.1) is 0 Å². The molecule has 8 nitrogen and oxygen atoms in total. The van der Waals surface area contributed by atoms with Gasteiger partial charge in [0, 0.05) is 22.4 Å². The summed E-state index contributed by atoms with van der Waals surface area (Å²) in [5, 5.41) is 7.47. The molecule has 0 fully saturated rings. The van der Waals surface area contributed by atoms with Crippen molar-refractivity contribution < 1.29 is 23.8 Å². The molecule has 1 N–H and O–H groups in total. The zero-order chi connectivity index (χ0) is 25.2. The monoisotopic (exact) mass is 483 g/mol. The lowest BCUT2D eigenvalue weighted by Gasteiger charge is -2.27. The van der Waals surface area contributed by atoms with Gasteiger partial charge in [0.05, 0.1) is 38.1 Å². The molecule has 1 unspecified atom stereocenters. The molecule has 5 rings (SSSR count). The van der Waals surface area contributed by atoms with Gasteiger partial charge in [-0.1, -0.05) is 18.2 Å². The van der Waals surface area contributed by atoms with Crippen molar-refractivity contribution in [3.63, 3.8) is 0 Å². The quantitative estimate of drug-likeness (QED) is 0.371. The van der Waals surface area contributed by atoms with Crippen LogP contribution in [0.5, 0.6) is 11.5 Å². The van der Waals surface area contributed by atoms with Crippen molar-refractivity contribution in [1.29, 1.82) is 0 Å². The van der Waals surface area contributed by atoms with E-state index in [9.17, 15) is 9.59 Å². The summed E-state index contributed by atoms with van der Waals surface area (Å²) in [4.78, 5) is 27.6. The fourth-order valence-electron chi connectivity index (χ4n) is 4.54. The first kappa shape index (κ1) is 23.2. The van der Waals surface area contributed by atoms with E-state index in [4.69, 9.17) is 14.2 Å². The maximum Gasteiger partial charge on any atom is 0.338 e. The Morgan fingerprint density at radius 2 is 1.69 bits per heavy atom.